The quantitative estimate of drug-likeness (QED) is 0.850. The number of nitrogens with one attached hydrogen (secondary N) is 2. The molecule has 0 atom stereocenters. The summed E-state index contributed by atoms with van der Waals surface area (Å²) in [4.78, 5) is 11.7. The highest BCUT2D eigenvalue weighted by atomic mass is 35.5. The van der Waals surface area contributed by atoms with Gasteiger partial charge < -0.3 is 10.6 Å². The van der Waals surface area contributed by atoms with E-state index < -0.39 is 0 Å². The van der Waals surface area contributed by atoms with E-state index in [0.29, 0.717) is 6.54 Å². The Labute approximate surface area is 107 Å². The first-order valence-corrected chi connectivity index (χ1v) is 6.37. The van der Waals surface area contributed by atoms with Crippen LogP contribution in [0.15, 0.2) is 24.3 Å². The second-order valence-corrected chi connectivity index (χ2v) is 4.85. The Balaban J connectivity index is 2.05. The van der Waals surface area contributed by atoms with Crippen molar-refractivity contribution in [3.05, 3.63) is 34.9 Å². The fourth-order valence-corrected chi connectivity index (χ4v) is 2.25. The van der Waals surface area contributed by atoms with Gasteiger partial charge in [-0.3, -0.25) is 0 Å². The highest BCUT2D eigenvalue weighted by Gasteiger charge is 2.46. The van der Waals surface area contributed by atoms with Crippen LogP contribution in [0, 0.1) is 0 Å². The van der Waals surface area contributed by atoms with Crippen LogP contribution in [-0.2, 0) is 5.54 Å². The van der Waals surface area contributed by atoms with E-state index in [1.54, 1.807) is 0 Å². The lowest BCUT2D eigenvalue weighted by atomic mass is 10.1. The Kier molecular flexibility index (Phi) is 3.57. The molecule has 2 rings (SSSR count). The van der Waals surface area contributed by atoms with Crippen LogP contribution in [0.1, 0.15) is 31.7 Å². The molecule has 0 radical (unpaired) electrons. The molecule has 1 saturated carbocycles. The summed E-state index contributed by atoms with van der Waals surface area (Å²) in [6.07, 6.45) is 2.85. The summed E-state index contributed by atoms with van der Waals surface area (Å²) in [5, 5.41) is 6.57. The fraction of sp³-hybridized carbons (Fsp3) is 0.462. The molecule has 0 bridgehead atoms. The lowest BCUT2D eigenvalue weighted by molar-refractivity contribution is 0.236. The zero-order chi connectivity index (χ0) is 12.3. The Morgan fingerprint density at radius 2 is 2.12 bits per heavy atom. The molecule has 2 amide bonds. The van der Waals surface area contributed by atoms with Crippen LogP contribution in [0.4, 0.5) is 4.79 Å². The van der Waals surface area contributed by atoms with Crippen molar-refractivity contribution in [3.8, 4) is 0 Å². The van der Waals surface area contributed by atoms with Crippen LogP contribution in [0.25, 0.3) is 0 Å². The summed E-state index contributed by atoms with van der Waals surface area (Å²) in [5.74, 6) is 0. The molecule has 0 saturated heterocycles. The van der Waals surface area contributed by atoms with Crippen molar-refractivity contribution in [1.82, 2.24) is 10.6 Å². The minimum atomic E-state index is -0.240. The smallest absolute Gasteiger partial charge is 0.315 e. The van der Waals surface area contributed by atoms with Crippen LogP contribution in [-0.4, -0.2) is 12.6 Å². The number of urea groups is 1. The molecule has 1 fully saturated rings. The van der Waals surface area contributed by atoms with Gasteiger partial charge in [-0.05, 0) is 30.9 Å². The van der Waals surface area contributed by atoms with Crippen LogP contribution < -0.4 is 10.6 Å². The Morgan fingerprint density at radius 1 is 1.41 bits per heavy atom. The average molecular weight is 253 g/mol. The lowest BCUT2D eigenvalue weighted by Crippen LogP contribution is -2.42. The van der Waals surface area contributed by atoms with Crippen molar-refractivity contribution in [2.75, 3.05) is 6.54 Å². The molecule has 1 aromatic carbocycles. The van der Waals surface area contributed by atoms with Crippen molar-refractivity contribution in [2.24, 2.45) is 0 Å². The first-order valence-electron chi connectivity index (χ1n) is 5.99. The van der Waals surface area contributed by atoms with Gasteiger partial charge >= 0.3 is 6.03 Å². The molecule has 1 aromatic rings. The topological polar surface area (TPSA) is 41.1 Å². The van der Waals surface area contributed by atoms with Crippen molar-refractivity contribution in [1.29, 1.82) is 0 Å². The molecular weight excluding hydrogens is 236 g/mol. The molecule has 3 nitrogen and oxygen atoms in total. The number of amides is 2. The second kappa shape index (κ2) is 4.96. The summed E-state index contributed by atoms with van der Waals surface area (Å²) in [7, 11) is 0. The van der Waals surface area contributed by atoms with Gasteiger partial charge in [0.15, 0.2) is 0 Å². The molecule has 92 valence electrons. The van der Waals surface area contributed by atoms with Gasteiger partial charge in [-0.1, -0.05) is 36.7 Å². The van der Waals surface area contributed by atoms with E-state index in [9.17, 15) is 4.79 Å². The van der Waals surface area contributed by atoms with Crippen molar-refractivity contribution in [3.63, 3.8) is 0 Å². The molecule has 2 N–H and O–H groups in total. The summed E-state index contributed by atoms with van der Waals surface area (Å²) < 4.78 is 0. The monoisotopic (exact) mass is 252 g/mol. The van der Waals surface area contributed by atoms with E-state index in [0.717, 1.165) is 29.8 Å². The number of halogens is 1. The second-order valence-electron chi connectivity index (χ2n) is 4.44. The Bertz CT molecular complexity index is 416. The number of hydrogen-bond donors (Lipinski definition) is 2. The Hall–Kier alpha value is -1.22. The number of hydrogen-bond acceptors (Lipinski definition) is 1. The number of benzene rings is 1. The van der Waals surface area contributed by atoms with Crippen LogP contribution in [0.2, 0.25) is 5.02 Å². The zero-order valence-corrected chi connectivity index (χ0v) is 10.7. The highest BCUT2D eigenvalue weighted by Crippen LogP contribution is 2.47. The normalized spacial score (nSPS) is 16.4. The number of rotatable bonds is 4. The first-order chi connectivity index (χ1) is 8.18. The molecule has 1 aliphatic rings. The third-order valence-electron chi connectivity index (χ3n) is 3.03. The summed E-state index contributed by atoms with van der Waals surface area (Å²) in [5.41, 5.74) is 0.782. The minimum Gasteiger partial charge on any atom is -0.338 e. The van der Waals surface area contributed by atoms with Gasteiger partial charge in [-0.25, -0.2) is 4.79 Å². The largest absolute Gasteiger partial charge is 0.338 e. The van der Waals surface area contributed by atoms with Gasteiger partial charge in [-0.2, -0.15) is 0 Å². The van der Waals surface area contributed by atoms with Gasteiger partial charge in [0.05, 0.1) is 5.54 Å². The van der Waals surface area contributed by atoms with Crippen LogP contribution >= 0.6 is 11.6 Å². The SMILES string of the molecule is CCCNC(=O)NC1(c2ccccc2Cl)CC1. The van der Waals surface area contributed by atoms with Gasteiger partial charge in [0, 0.05) is 11.6 Å². The van der Waals surface area contributed by atoms with E-state index in [1.165, 1.54) is 0 Å². The van der Waals surface area contributed by atoms with Crippen molar-refractivity contribution in [2.45, 2.75) is 31.7 Å². The molecule has 0 heterocycles. The number of carbonyl (C=O) groups is 1. The Morgan fingerprint density at radius 3 is 2.71 bits per heavy atom. The molecule has 4 heteroatoms. The van der Waals surface area contributed by atoms with E-state index in [4.69, 9.17) is 11.6 Å². The zero-order valence-electron chi connectivity index (χ0n) is 9.92. The fourth-order valence-electron chi connectivity index (χ4n) is 1.94. The lowest BCUT2D eigenvalue weighted by Gasteiger charge is -2.19. The predicted octanol–water partition coefficient (Wildman–Crippen LogP) is 3.04. The van der Waals surface area contributed by atoms with Crippen molar-refractivity contribution >= 4 is 17.6 Å². The molecule has 17 heavy (non-hydrogen) atoms. The standard InChI is InChI=1S/C13H17ClN2O/c1-2-9-15-12(17)16-13(7-8-13)10-5-3-4-6-11(10)14/h3-6H,2,7-9H2,1H3,(H2,15,16,17). The summed E-state index contributed by atoms with van der Waals surface area (Å²) >= 11 is 6.16. The summed E-state index contributed by atoms with van der Waals surface area (Å²) in [6.45, 7) is 2.73. The van der Waals surface area contributed by atoms with Crippen molar-refractivity contribution < 1.29 is 4.79 Å². The van der Waals surface area contributed by atoms with E-state index >= 15 is 0 Å². The molecular formula is C13H17ClN2O. The van der Waals surface area contributed by atoms with Gasteiger partial charge in [-0.15, -0.1) is 0 Å². The van der Waals surface area contributed by atoms with Gasteiger partial charge in [0.2, 0.25) is 0 Å². The first kappa shape index (κ1) is 12.2. The van der Waals surface area contributed by atoms with Crippen LogP contribution in [0.5, 0.6) is 0 Å². The predicted molar refractivity (Wildman–Crippen MR) is 69.2 cm³/mol. The number of carbonyl (C=O) groups excluding carboxylic acids is 1. The molecule has 0 spiro atoms. The third-order valence-corrected chi connectivity index (χ3v) is 3.36. The van der Waals surface area contributed by atoms with E-state index in [1.807, 2.05) is 31.2 Å². The highest BCUT2D eigenvalue weighted by molar-refractivity contribution is 6.31. The molecule has 0 aliphatic heterocycles. The molecule has 0 unspecified atom stereocenters. The van der Waals surface area contributed by atoms with E-state index in [-0.39, 0.29) is 11.6 Å². The average Bonchev–Trinajstić information content (AvgIpc) is 3.07. The van der Waals surface area contributed by atoms with Gasteiger partial charge in [0.1, 0.15) is 0 Å². The maximum atomic E-state index is 11.7. The maximum Gasteiger partial charge on any atom is 0.315 e. The van der Waals surface area contributed by atoms with E-state index in [2.05, 4.69) is 10.6 Å². The third kappa shape index (κ3) is 2.72. The minimum absolute atomic E-state index is 0.107. The van der Waals surface area contributed by atoms with Crippen LogP contribution in [0.3, 0.4) is 0 Å². The van der Waals surface area contributed by atoms with Gasteiger partial charge in [0.25, 0.3) is 0 Å². The maximum absolute atomic E-state index is 11.7. The molecule has 0 aromatic heterocycles. The molecule has 1 aliphatic carbocycles. The summed E-state index contributed by atoms with van der Waals surface area (Å²) in [6, 6.07) is 7.59.